The number of carbonyl (C=O) groups excluding carboxylic acids is 3. The fraction of sp³-hybridized carbons (Fsp3) is 0.258. The highest BCUT2D eigenvalue weighted by Gasteiger charge is 2.38. The third-order valence-corrected chi connectivity index (χ3v) is 25.5. The molecule has 3 aromatic carbocycles. The molecule has 9 aromatic heterocycles. The lowest BCUT2D eigenvalue weighted by atomic mass is 10.0. The van der Waals surface area contributed by atoms with E-state index in [2.05, 4.69) is 55.7 Å². The van der Waals surface area contributed by atoms with E-state index in [1.54, 1.807) is 87.0 Å². The molecule has 27 nitrogen and oxygen atoms in total. The maximum atomic E-state index is 15.5. The minimum Gasteiger partial charge on any atom is -0.396 e. The quantitative estimate of drug-likeness (QED) is 0.0282. The standard InChI is InChI=1S/C31H26Cl3F2N7O2.2C31H26Cl2F3N7O2/c1-5-19(44)41-8-10-42(11-9-41)29-16-12-18(32)27(20-21(33)25(38)24(36)22(34)23(20)35)40-30(16)43(31(45)17(29)13-37)28-15(4)6-7-39-26(28)14(2)3;1-5-19(44)41-8-10-42(11-9-41)29-16-12-18(32)27(20-22(34)21(33)23(35)24(36)25(20)38)40-30(16)43(31(45)17(29)13-37)28-15(4)6-7-39-26(28)14(2)3;1-5-19(44)41-8-10-42(11-9-41)29-16-12-18(32)27(20-21(33)25(38)24(36)23(35)22(20)34)40-30(16)43(31(45)17(29)13-37)28-15(4)6-7-39-26(28)14(2)3/h3*5-7,12,14H,1,8-11,38H2,2-4H3. The van der Waals surface area contributed by atoms with Crippen LogP contribution in [0.4, 0.5) is 69.2 Å². The van der Waals surface area contributed by atoms with Gasteiger partial charge < -0.3 is 46.6 Å². The number of nitrogens with two attached hydrogens (primary N) is 3. The molecular formula is C93H78Cl7F8N21O6. The van der Waals surface area contributed by atoms with Crippen molar-refractivity contribution >= 4 is 166 Å². The second-order valence-corrected chi connectivity index (χ2v) is 35.0. The van der Waals surface area contributed by atoms with Gasteiger partial charge in [0.1, 0.15) is 61.9 Å². The fourth-order valence-electron chi connectivity index (χ4n) is 16.5. The normalized spacial score (nSPS) is 13.4. The first kappa shape index (κ1) is 99.0. The van der Waals surface area contributed by atoms with E-state index < -0.39 is 128 Å². The van der Waals surface area contributed by atoms with Gasteiger partial charge in [-0.3, -0.25) is 57.4 Å². The van der Waals surface area contributed by atoms with Crippen molar-refractivity contribution in [3.8, 4) is 69.0 Å². The number of rotatable bonds is 15. The minimum atomic E-state index is -1.88. The summed E-state index contributed by atoms with van der Waals surface area (Å²) in [5, 5.41) is 28.0. The number of nitrogen functional groups attached to an aromatic ring is 3. The predicted octanol–water partition coefficient (Wildman–Crippen LogP) is 18.2. The number of piperazine rings is 3. The van der Waals surface area contributed by atoms with Crippen molar-refractivity contribution in [3.05, 3.63) is 256 Å². The maximum Gasteiger partial charge on any atom is 0.276 e. The van der Waals surface area contributed by atoms with Crippen molar-refractivity contribution in [2.45, 2.75) is 80.1 Å². The molecule has 12 aromatic rings. The fourth-order valence-corrected chi connectivity index (χ4v) is 18.2. The number of aryl methyl sites for hydroxylation is 3. The zero-order valence-electron chi connectivity index (χ0n) is 73.2. The van der Waals surface area contributed by atoms with Crippen molar-refractivity contribution in [1.29, 1.82) is 15.8 Å². The largest absolute Gasteiger partial charge is 0.396 e. The lowest BCUT2D eigenvalue weighted by molar-refractivity contribution is -0.127. The molecule has 12 heterocycles. The number of hydrogen-bond donors (Lipinski definition) is 3. The van der Waals surface area contributed by atoms with E-state index >= 15 is 13.2 Å². The summed E-state index contributed by atoms with van der Waals surface area (Å²) in [4.78, 5) is 117. The van der Waals surface area contributed by atoms with Crippen molar-refractivity contribution in [3.63, 3.8) is 0 Å². The Balaban J connectivity index is 0.000000171. The Labute approximate surface area is 800 Å². The molecule has 135 heavy (non-hydrogen) atoms. The van der Waals surface area contributed by atoms with Crippen LogP contribution in [0.5, 0.6) is 0 Å². The first-order valence-corrected chi connectivity index (χ1v) is 43.9. The summed E-state index contributed by atoms with van der Waals surface area (Å²) < 4.78 is 122. The van der Waals surface area contributed by atoms with Crippen LogP contribution in [0.1, 0.15) is 110 Å². The molecule has 3 aliphatic heterocycles. The van der Waals surface area contributed by atoms with Gasteiger partial charge in [-0.05, 0) is 110 Å². The predicted molar refractivity (Wildman–Crippen MR) is 507 cm³/mol. The molecule has 3 fully saturated rings. The maximum absolute atomic E-state index is 15.5. The topological polar surface area (TPSA) is 363 Å². The summed E-state index contributed by atoms with van der Waals surface area (Å²) in [5.41, 5.74) is 14.1. The summed E-state index contributed by atoms with van der Waals surface area (Å²) in [7, 11) is 0. The van der Waals surface area contributed by atoms with Gasteiger partial charge in [0, 0.05) is 113 Å². The molecule has 3 saturated heterocycles. The van der Waals surface area contributed by atoms with Crippen LogP contribution in [0.2, 0.25) is 35.2 Å². The Hall–Kier alpha value is -13.4. The van der Waals surface area contributed by atoms with Crippen LogP contribution in [-0.4, -0.2) is 155 Å². The molecule has 6 N–H and O–H groups in total. The number of anilines is 6. The van der Waals surface area contributed by atoms with Crippen LogP contribution in [-0.2, 0) is 14.4 Å². The second-order valence-electron chi connectivity index (χ2n) is 32.2. The monoisotopic (exact) mass is 1980 g/mol. The third kappa shape index (κ3) is 17.6. The Kier molecular flexibility index (Phi) is 29.1. The number of benzene rings is 3. The molecule has 15 rings (SSSR count). The van der Waals surface area contributed by atoms with Gasteiger partial charge in [0.05, 0.1) is 127 Å². The van der Waals surface area contributed by atoms with E-state index in [4.69, 9.17) is 98.4 Å². The molecule has 0 atom stereocenters. The zero-order valence-corrected chi connectivity index (χ0v) is 78.5. The van der Waals surface area contributed by atoms with Gasteiger partial charge in [-0.15, -0.1) is 0 Å². The number of hydrogen-bond acceptors (Lipinski definition) is 21. The molecule has 0 bridgehead atoms. The molecule has 0 saturated carbocycles. The first-order valence-electron chi connectivity index (χ1n) is 41.3. The van der Waals surface area contributed by atoms with Gasteiger partial charge in [-0.1, -0.05) is 142 Å². The van der Waals surface area contributed by atoms with E-state index in [9.17, 15) is 66.5 Å². The summed E-state index contributed by atoms with van der Waals surface area (Å²) in [6, 6.07) is 15.4. The Bertz CT molecular complexity index is 6650. The van der Waals surface area contributed by atoms with E-state index in [-0.39, 0.29) is 183 Å². The van der Waals surface area contributed by atoms with Crippen LogP contribution < -0.4 is 48.6 Å². The van der Waals surface area contributed by atoms with E-state index in [0.29, 0.717) is 69.3 Å². The molecule has 0 spiro atoms. The molecule has 0 aliphatic carbocycles. The van der Waals surface area contributed by atoms with Crippen molar-refractivity contribution < 1.29 is 49.5 Å². The summed E-state index contributed by atoms with van der Waals surface area (Å²) in [5.74, 6) is -13.7. The molecule has 3 amide bonds. The number of carbonyl (C=O) groups is 3. The average Bonchev–Trinajstić information content (AvgIpc) is 0.728. The number of amides is 3. The Morgan fingerprint density at radius 3 is 0.933 bits per heavy atom. The lowest BCUT2D eigenvalue weighted by Crippen LogP contribution is -2.49. The van der Waals surface area contributed by atoms with Gasteiger partial charge in [0.25, 0.3) is 16.7 Å². The van der Waals surface area contributed by atoms with Crippen molar-refractivity contribution in [1.82, 2.24) is 58.3 Å². The second kappa shape index (κ2) is 39.6. The van der Waals surface area contributed by atoms with Crippen LogP contribution in [0.15, 0.2) is 107 Å². The van der Waals surface area contributed by atoms with Gasteiger partial charge in [-0.25, -0.2) is 50.1 Å². The lowest BCUT2D eigenvalue weighted by Gasteiger charge is -2.36. The molecule has 42 heteroatoms. The van der Waals surface area contributed by atoms with E-state index in [0.717, 1.165) is 0 Å². The number of nitrogens with zero attached hydrogens (tertiary/aromatic N) is 18. The number of pyridine rings is 9. The van der Waals surface area contributed by atoms with Crippen LogP contribution in [0, 0.1) is 101 Å². The van der Waals surface area contributed by atoms with E-state index in [1.165, 1.54) is 50.1 Å². The van der Waals surface area contributed by atoms with Crippen LogP contribution >= 0.6 is 81.2 Å². The minimum absolute atomic E-state index is 0.00508. The third-order valence-electron chi connectivity index (χ3n) is 23.2. The molecular weight excluding hydrogens is 1910 g/mol. The summed E-state index contributed by atoms with van der Waals surface area (Å²) >= 11 is 44.3. The van der Waals surface area contributed by atoms with Gasteiger partial charge in [-0.2, -0.15) is 15.8 Å². The number of aromatic nitrogens is 9. The highest BCUT2D eigenvalue weighted by atomic mass is 35.5. The van der Waals surface area contributed by atoms with Gasteiger partial charge >= 0.3 is 0 Å². The van der Waals surface area contributed by atoms with Gasteiger partial charge in [0.15, 0.2) is 46.5 Å². The zero-order chi connectivity index (χ0) is 98.7. The highest BCUT2D eigenvalue weighted by molar-refractivity contribution is 6.40. The molecule has 0 radical (unpaired) electrons. The Morgan fingerprint density at radius 1 is 0.378 bits per heavy atom. The first-order chi connectivity index (χ1) is 64.0. The highest BCUT2D eigenvalue weighted by Crippen LogP contribution is 2.49. The Morgan fingerprint density at radius 2 is 0.644 bits per heavy atom. The number of nitriles is 3. The number of halogens is 15. The molecule has 0 unspecified atom stereocenters. The SMILES string of the molecule is C=CC(=O)N1CCN(c2c(C#N)c(=O)n(-c3c(C)ccnc3C(C)C)c3nc(-c4c(F)c(Cl)c(F)c(N)c4Cl)c(Cl)cc23)CC1.C=CC(=O)N1CCN(c2c(C#N)c(=O)n(-c3c(C)ccnc3C(C)C)c3nc(-c4c(F)c(F)c(F)c(N)c4Cl)c(Cl)cc23)CC1.C=CC(=O)N1CCN(c2c(C#N)c(=O)n(-c3c(C)ccnc3C(C)C)c3nc(-c4c(N)c(F)c(F)c(Cl)c4F)c(Cl)cc23)CC1. The van der Waals surface area contributed by atoms with Crippen molar-refractivity contribution in [2.24, 2.45) is 0 Å². The van der Waals surface area contributed by atoms with E-state index in [1.807, 2.05) is 53.7 Å². The smallest absolute Gasteiger partial charge is 0.276 e. The summed E-state index contributed by atoms with van der Waals surface area (Å²) in [6.07, 6.45) is 8.41. The molecule has 3 aliphatic rings. The molecule has 696 valence electrons. The van der Waals surface area contributed by atoms with Crippen molar-refractivity contribution in [2.75, 3.05) is 110 Å². The van der Waals surface area contributed by atoms with Crippen LogP contribution in [0.3, 0.4) is 0 Å². The number of fused-ring (bicyclic) bond motifs is 3. The summed E-state index contributed by atoms with van der Waals surface area (Å²) in [6.45, 7) is 30.4. The van der Waals surface area contributed by atoms with Crippen LogP contribution in [0.25, 0.3) is 83.9 Å². The van der Waals surface area contributed by atoms with Gasteiger partial charge in [0.2, 0.25) is 17.7 Å². The average molecular weight is 1990 g/mol.